The van der Waals surface area contributed by atoms with Gasteiger partial charge in [-0.2, -0.15) is 5.10 Å². The van der Waals surface area contributed by atoms with E-state index in [1.807, 2.05) is 18.2 Å². The molecule has 5 heteroatoms. The van der Waals surface area contributed by atoms with Gasteiger partial charge in [0.15, 0.2) is 5.82 Å². The second-order valence-corrected chi connectivity index (χ2v) is 3.20. The first kappa shape index (κ1) is 9.18. The predicted octanol–water partition coefficient (Wildman–Crippen LogP) is 1.58. The first-order valence-electron chi connectivity index (χ1n) is 4.17. The van der Waals surface area contributed by atoms with Gasteiger partial charge in [0, 0.05) is 5.56 Å². The van der Waals surface area contributed by atoms with Gasteiger partial charge in [-0.05, 0) is 12.1 Å². The molecule has 72 valence electrons. The van der Waals surface area contributed by atoms with E-state index in [4.69, 9.17) is 17.3 Å². The maximum Gasteiger partial charge on any atom is 0.182 e. The van der Waals surface area contributed by atoms with Crippen LogP contribution in [0, 0.1) is 0 Å². The standard InChI is InChI=1S/C9H9ClN4/c10-7-4-2-1-3-6(7)9-12-8(5-11)13-14-9/h1-4H,5,11H2,(H,12,13,14). The lowest BCUT2D eigenvalue weighted by molar-refractivity contribution is 0.917. The molecule has 0 aliphatic rings. The Morgan fingerprint density at radius 1 is 1.36 bits per heavy atom. The van der Waals surface area contributed by atoms with Crippen LogP contribution in [0.4, 0.5) is 0 Å². The van der Waals surface area contributed by atoms with Crippen LogP contribution in [0.2, 0.25) is 5.02 Å². The van der Waals surface area contributed by atoms with E-state index in [-0.39, 0.29) is 0 Å². The quantitative estimate of drug-likeness (QED) is 0.788. The second kappa shape index (κ2) is 3.77. The van der Waals surface area contributed by atoms with Crippen LogP contribution < -0.4 is 5.73 Å². The van der Waals surface area contributed by atoms with Gasteiger partial charge in [-0.15, -0.1) is 0 Å². The molecule has 2 aromatic rings. The monoisotopic (exact) mass is 208 g/mol. The van der Waals surface area contributed by atoms with E-state index in [0.717, 1.165) is 5.56 Å². The fourth-order valence-electron chi connectivity index (χ4n) is 1.15. The highest BCUT2D eigenvalue weighted by Crippen LogP contribution is 2.23. The average Bonchev–Trinajstić information content (AvgIpc) is 2.67. The Morgan fingerprint density at radius 3 is 2.79 bits per heavy atom. The molecule has 0 radical (unpaired) electrons. The molecule has 14 heavy (non-hydrogen) atoms. The van der Waals surface area contributed by atoms with E-state index in [9.17, 15) is 0 Å². The largest absolute Gasteiger partial charge is 0.324 e. The third-order valence-electron chi connectivity index (χ3n) is 1.84. The number of H-pyrrole nitrogens is 1. The zero-order valence-electron chi connectivity index (χ0n) is 7.37. The summed E-state index contributed by atoms with van der Waals surface area (Å²) in [4.78, 5) is 4.18. The summed E-state index contributed by atoms with van der Waals surface area (Å²) in [6.07, 6.45) is 0. The van der Waals surface area contributed by atoms with Crippen molar-refractivity contribution in [3.05, 3.63) is 35.1 Å². The Labute approximate surface area is 86.1 Å². The van der Waals surface area contributed by atoms with Gasteiger partial charge in [0.2, 0.25) is 0 Å². The summed E-state index contributed by atoms with van der Waals surface area (Å²) in [5.41, 5.74) is 6.22. The molecular weight excluding hydrogens is 200 g/mol. The van der Waals surface area contributed by atoms with E-state index in [1.165, 1.54) is 0 Å². The van der Waals surface area contributed by atoms with Crippen molar-refractivity contribution in [3.63, 3.8) is 0 Å². The van der Waals surface area contributed by atoms with Gasteiger partial charge in [-0.1, -0.05) is 23.7 Å². The maximum absolute atomic E-state index is 5.99. The Balaban J connectivity index is 2.44. The van der Waals surface area contributed by atoms with Crippen molar-refractivity contribution in [1.82, 2.24) is 15.2 Å². The summed E-state index contributed by atoms with van der Waals surface area (Å²) in [7, 11) is 0. The van der Waals surface area contributed by atoms with Crippen molar-refractivity contribution < 1.29 is 0 Å². The van der Waals surface area contributed by atoms with E-state index in [0.29, 0.717) is 23.2 Å². The molecule has 0 bridgehead atoms. The van der Waals surface area contributed by atoms with E-state index in [2.05, 4.69) is 15.2 Å². The van der Waals surface area contributed by atoms with Gasteiger partial charge < -0.3 is 5.73 Å². The molecule has 0 spiro atoms. The van der Waals surface area contributed by atoms with Crippen LogP contribution in [0.1, 0.15) is 5.82 Å². The Kier molecular flexibility index (Phi) is 2.47. The number of nitrogens with zero attached hydrogens (tertiary/aromatic N) is 2. The van der Waals surface area contributed by atoms with Crippen LogP contribution in [0.3, 0.4) is 0 Å². The zero-order valence-corrected chi connectivity index (χ0v) is 8.12. The minimum Gasteiger partial charge on any atom is -0.324 e. The summed E-state index contributed by atoms with van der Waals surface area (Å²) >= 11 is 5.99. The minimum absolute atomic E-state index is 0.345. The van der Waals surface area contributed by atoms with Gasteiger partial charge in [-0.3, -0.25) is 5.10 Å². The van der Waals surface area contributed by atoms with Crippen LogP contribution in [-0.4, -0.2) is 15.2 Å². The van der Waals surface area contributed by atoms with Gasteiger partial charge in [0.05, 0.1) is 11.6 Å². The molecule has 0 unspecified atom stereocenters. The molecule has 1 heterocycles. The predicted molar refractivity (Wildman–Crippen MR) is 54.7 cm³/mol. The van der Waals surface area contributed by atoms with Crippen LogP contribution in [0.25, 0.3) is 11.4 Å². The number of hydrogen-bond acceptors (Lipinski definition) is 3. The number of aromatic nitrogens is 3. The van der Waals surface area contributed by atoms with Crippen molar-refractivity contribution in [2.24, 2.45) is 5.73 Å². The Morgan fingerprint density at radius 2 is 2.14 bits per heavy atom. The van der Waals surface area contributed by atoms with Crippen LogP contribution in [0.15, 0.2) is 24.3 Å². The minimum atomic E-state index is 0.345. The fourth-order valence-corrected chi connectivity index (χ4v) is 1.37. The number of nitrogens with one attached hydrogen (secondary N) is 1. The third kappa shape index (κ3) is 1.62. The molecule has 0 atom stereocenters. The molecule has 1 aromatic carbocycles. The van der Waals surface area contributed by atoms with Crippen LogP contribution >= 0.6 is 11.6 Å². The molecule has 4 nitrogen and oxygen atoms in total. The maximum atomic E-state index is 5.99. The van der Waals surface area contributed by atoms with Crippen LogP contribution in [-0.2, 0) is 6.54 Å². The van der Waals surface area contributed by atoms with Gasteiger partial charge in [0.25, 0.3) is 0 Å². The molecule has 3 N–H and O–H groups in total. The van der Waals surface area contributed by atoms with E-state index < -0.39 is 0 Å². The summed E-state index contributed by atoms with van der Waals surface area (Å²) < 4.78 is 0. The highest BCUT2D eigenvalue weighted by molar-refractivity contribution is 6.33. The fraction of sp³-hybridized carbons (Fsp3) is 0.111. The summed E-state index contributed by atoms with van der Waals surface area (Å²) in [6, 6.07) is 7.42. The number of rotatable bonds is 2. The zero-order chi connectivity index (χ0) is 9.97. The lowest BCUT2D eigenvalue weighted by atomic mass is 10.2. The highest BCUT2D eigenvalue weighted by atomic mass is 35.5. The molecule has 0 aliphatic heterocycles. The molecule has 0 saturated heterocycles. The lowest BCUT2D eigenvalue weighted by Gasteiger charge is -1.96. The molecule has 0 aliphatic carbocycles. The first-order valence-corrected chi connectivity index (χ1v) is 4.55. The summed E-state index contributed by atoms with van der Waals surface area (Å²) in [5, 5.41) is 7.39. The molecule has 2 rings (SSSR count). The summed E-state index contributed by atoms with van der Waals surface area (Å²) in [6.45, 7) is 0.345. The third-order valence-corrected chi connectivity index (χ3v) is 2.17. The van der Waals surface area contributed by atoms with E-state index in [1.54, 1.807) is 6.07 Å². The van der Waals surface area contributed by atoms with Gasteiger partial charge in [0.1, 0.15) is 5.82 Å². The summed E-state index contributed by atoms with van der Waals surface area (Å²) in [5.74, 6) is 1.23. The van der Waals surface area contributed by atoms with Crippen molar-refractivity contribution in [1.29, 1.82) is 0 Å². The second-order valence-electron chi connectivity index (χ2n) is 2.79. The van der Waals surface area contributed by atoms with Crippen molar-refractivity contribution in [2.45, 2.75) is 6.54 Å². The lowest BCUT2D eigenvalue weighted by Crippen LogP contribution is -1.97. The number of nitrogens with two attached hydrogens (primary N) is 1. The number of halogens is 1. The van der Waals surface area contributed by atoms with Gasteiger partial charge >= 0.3 is 0 Å². The van der Waals surface area contributed by atoms with Crippen molar-refractivity contribution in [3.8, 4) is 11.4 Å². The van der Waals surface area contributed by atoms with E-state index >= 15 is 0 Å². The Bertz CT molecular complexity index is 438. The van der Waals surface area contributed by atoms with Crippen molar-refractivity contribution >= 4 is 11.6 Å². The van der Waals surface area contributed by atoms with Gasteiger partial charge in [-0.25, -0.2) is 4.98 Å². The van der Waals surface area contributed by atoms with Crippen molar-refractivity contribution in [2.75, 3.05) is 0 Å². The first-order chi connectivity index (χ1) is 6.81. The molecular formula is C9H9ClN4. The number of hydrogen-bond donors (Lipinski definition) is 2. The topological polar surface area (TPSA) is 67.6 Å². The van der Waals surface area contributed by atoms with Crippen LogP contribution in [0.5, 0.6) is 0 Å². The highest BCUT2D eigenvalue weighted by Gasteiger charge is 2.07. The molecule has 1 aromatic heterocycles. The normalized spacial score (nSPS) is 10.4. The molecule has 0 fully saturated rings. The SMILES string of the molecule is NCc1nc(-c2ccccc2Cl)n[nH]1. The smallest absolute Gasteiger partial charge is 0.182 e. The Hall–Kier alpha value is -1.39. The molecule has 0 amide bonds. The number of aromatic amines is 1. The number of benzene rings is 1. The molecule has 0 saturated carbocycles. The average molecular weight is 209 g/mol.